The van der Waals surface area contributed by atoms with Gasteiger partial charge in [-0.3, -0.25) is 0 Å². The van der Waals surface area contributed by atoms with Crippen LogP contribution in [0.2, 0.25) is 0 Å². The molecular formula is C20H22F3N3O. The number of hydrogen-bond donors (Lipinski definition) is 2. The minimum absolute atomic E-state index is 0.167. The van der Waals surface area contributed by atoms with E-state index in [1.54, 1.807) is 12.3 Å². The molecule has 144 valence electrons. The van der Waals surface area contributed by atoms with Crippen molar-refractivity contribution in [2.75, 3.05) is 6.54 Å². The van der Waals surface area contributed by atoms with E-state index in [0.29, 0.717) is 24.5 Å². The van der Waals surface area contributed by atoms with Gasteiger partial charge in [0.05, 0.1) is 18.4 Å². The first kappa shape index (κ1) is 19.1. The van der Waals surface area contributed by atoms with Gasteiger partial charge in [-0.15, -0.1) is 0 Å². The third-order valence-corrected chi connectivity index (χ3v) is 4.27. The number of benzene rings is 1. The average Bonchev–Trinajstić information content (AvgIpc) is 3.33. The molecular weight excluding hydrogens is 355 g/mol. The average molecular weight is 377 g/mol. The summed E-state index contributed by atoms with van der Waals surface area (Å²) in [6, 6.07) is 9.25. The quantitative estimate of drug-likeness (QED) is 0.448. The van der Waals surface area contributed by atoms with Gasteiger partial charge < -0.3 is 15.1 Å². The molecule has 1 aromatic carbocycles. The van der Waals surface area contributed by atoms with Crippen molar-refractivity contribution >= 4 is 5.96 Å². The van der Waals surface area contributed by atoms with Gasteiger partial charge in [0.15, 0.2) is 5.96 Å². The summed E-state index contributed by atoms with van der Waals surface area (Å²) >= 11 is 0. The van der Waals surface area contributed by atoms with Crippen molar-refractivity contribution in [2.45, 2.75) is 38.0 Å². The van der Waals surface area contributed by atoms with Crippen molar-refractivity contribution < 1.29 is 17.6 Å². The molecule has 0 atom stereocenters. The van der Waals surface area contributed by atoms with Crippen LogP contribution in [0.4, 0.5) is 13.2 Å². The Labute approximate surface area is 156 Å². The molecule has 0 aliphatic heterocycles. The Bertz CT molecular complexity index is 774. The standard InChI is InChI=1S/C20H22F3N3O/c21-20(22,23)16-6-3-5-15(13-16)14-25-19(26-17-7-1-2-8-17)24-11-10-18-9-4-12-27-18/h1-6,9,12-13,17H,7-8,10-11,14H2,(H2,24,25,26). The van der Waals surface area contributed by atoms with Gasteiger partial charge >= 0.3 is 6.18 Å². The van der Waals surface area contributed by atoms with Gasteiger partial charge in [0, 0.05) is 19.0 Å². The van der Waals surface area contributed by atoms with E-state index in [4.69, 9.17) is 4.42 Å². The van der Waals surface area contributed by atoms with Crippen LogP contribution in [-0.2, 0) is 19.1 Å². The van der Waals surface area contributed by atoms with Gasteiger partial charge in [-0.1, -0.05) is 24.3 Å². The number of guanidine groups is 1. The molecule has 7 heteroatoms. The number of nitrogens with one attached hydrogen (secondary N) is 2. The summed E-state index contributed by atoms with van der Waals surface area (Å²) in [4.78, 5) is 4.47. The van der Waals surface area contributed by atoms with E-state index in [1.165, 1.54) is 6.07 Å². The van der Waals surface area contributed by atoms with Crippen LogP contribution in [0, 0.1) is 0 Å². The summed E-state index contributed by atoms with van der Waals surface area (Å²) in [6.07, 6.45) is 3.99. The largest absolute Gasteiger partial charge is 0.469 e. The Morgan fingerprint density at radius 3 is 2.67 bits per heavy atom. The molecule has 0 amide bonds. The zero-order valence-electron chi connectivity index (χ0n) is 14.8. The first-order valence-corrected chi connectivity index (χ1v) is 8.89. The predicted molar refractivity (Wildman–Crippen MR) is 98.3 cm³/mol. The first-order chi connectivity index (χ1) is 13.0. The van der Waals surface area contributed by atoms with Crippen LogP contribution in [-0.4, -0.2) is 18.5 Å². The molecule has 0 spiro atoms. The smallest absolute Gasteiger partial charge is 0.416 e. The minimum Gasteiger partial charge on any atom is -0.469 e. The lowest BCUT2D eigenvalue weighted by molar-refractivity contribution is -0.137. The summed E-state index contributed by atoms with van der Waals surface area (Å²) in [5.41, 5.74) is -0.142. The Hall–Kier alpha value is -2.70. The summed E-state index contributed by atoms with van der Waals surface area (Å²) in [5.74, 6) is 1.45. The van der Waals surface area contributed by atoms with E-state index in [2.05, 4.69) is 27.8 Å². The Balaban J connectivity index is 1.63. The number of hydrogen-bond acceptors (Lipinski definition) is 2. The van der Waals surface area contributed by atoms with Crippen LogP contribution in [0.5, 0.6) is 0 Å². The normalized spacial score (nSPS) is 15.3. The third-order valence-electron chi connectivity index (χ3n) is 4.27. The van der Waals surface area contributed by atoms with Crippen LogP contribution < -0.4 is 10.6 Å². The molecule has 0 bridgehead atoms. The Morgan fingerprint density at radius 1 is 1.15 bits per heavy atom. The SMILES string of the molecule is FC(F)(F)c1cccc(CN=C(NCCc2ccco2)NC2CC=CC2)c1. The fourth-order valence-electron chi connectivity index (χ4n) is 2.86. The number of rotatable bonds is 6. The van der Waals surface area contributed by atoms with E-state index in [9.17, 15) is 13.2 Å². The minimum atomic E-state index is -4.35. The molecule has 1 aromatic heterocycles. The van der Waals surface area contributed by atoms with Crippen molar-refractivity contribution in [3.63, 3.8) is 0 Å². The molecule has 0 saturated carbocycles. The second-order valence-corrected chi connectivity index (χ2v) is 6.40. The highest BCUT2D eigenvalue weighted by Gasteiger charge is 2.30. The van der Waals surface area contributed by atoms with Crippen molar-refractivity contribution in [1.82, 2.24) is 10.6 Å². The highest BCUT2D eigenvalue weighted by Crippen LogP contribution is 2.29. The summed E-state index contributed by atoms with van der Waals surface area (Å²) in [5, 5.41) is 6.56. The van der Waals surface area contributed by atoms with E-state index >= 15 is 0 Å². The molecule has 0 saturated heterocycles. The molecule has 2 N–H and O–H groups in total. The number of alkyl halides is 3. The van der Waals surface area contributed by atoms with Gasteiger partial charge in [0.1, 0.15) is 5.76 Å². The van der Waals surface area contributed by atoms with Crippen molar-refractivity contribution in [2.24, 2.45) is 4.99 Å². The van der Waals surface area contributed by atoms with E-state index < -0.39 is 11.7 Å². The maximum atomic E-state index is 12.9. The van der Waals surface area contributed by atoms with Gasteiger partial charge in [-0.05, 0) is 42.7 Å². The molecule has 27 heavy (non-hydrogen) atoms. The lowest BCUT2D eigenvalue weighted by Gasteiger charge is -2.17. The zero-order chi connectivity index (χ0) is 19.1. The van der Waals surface area contributed by atoms with Crippen molar-refractivity contribution in [3.8, 4) is 0 Å². The fourth-order valence-corrected chi connectivity index (χ4v) is 2.86. The van der Waals surface area contributed by atoms with Crippen molar-refractivity contribution in [1.29, 1.82) is 0 Å². The first-order valence-electron chi connectivity index (χ1n) is 8.89. The highest BCUT2D eigenvalue weighted by atomic mass is 19.4. The summed E-state index contributed by atoms with van der Waals surface area (Å²) < 4.78 is 43.9. The highest BCUT2D eigenvalue weighted by molar-refractivity contribution is 5.80. The van der Waals surface area contributed by atoms with Gasteiger partial charge in [-0.2, -0.15) is 13.2 Å². The maximum Gasteiger partial charge on any atom is 0.416 e. The van der Waals surface area contributed by atoms with Crippen LogP contribution in [0.3, 0.4) is 0 Å². The molecule has 1 heterocycles. The van der Waals surface area contributed by atoms with Crippen LogP contribution >= 0.6 is 0 Å². The molecule has 1 aliphatic carbocycles. The monoisotopic (exact) mass is 377 g/mol. The van der Waals surface area contributed by atoms with Gasteiger partial charge in [0.25, 0.3) is 0 Å². The molecule has 2 aromatic rings. The van der Waals surface area contributed by atoms with Gasteiger partial charge in [0.2, 0.25) is 0 Å². The molecule has 4 nitrogen and oxygen atoms in total. The lowest BCUT2D eigenvalue weighted by atomic mass is 10.1. The lowest BCUT2D eigenvalue weighted by Crippen LogP contribution is -2.43. The maximum absolute atomic E-state index is 12.9. The van der Waals surface area contributed by atoms with Gasteiger partial charge in [-0.25, -0.2) is 4.99 Å². The van der Waals surface area contributed by atoms with Crippen LogP contribution in [0.25, 0.3) is 0 Å². The molecule has 1 aliphatic rings. The molecule has 0 radical (unpaired) electrons. The van der Waals surface area contributed by atoms with E-state index in [1.807, 2.05) is 12.1 Å². The number of furan rings is 1. The van der Waals surface area contributed by atoms with Crippen LogP contribution in [0.15, 0.2) is 64.2 Å². The zero-order valence-corrected chi connectivity index (χ0v) is 14.8. The second-order valence-electron chi connectivity index (χ2n) is 6.40. The summed E-state index contributed by atoms with van der Waals surface area (Å²) in [6.45, 7) is 0.780. The van der Waals surface area contributed by atoms with Crippen LogP contribution in [0.1, 0.15) is 29.7 Å². The Kier molecular flexibility index (Phi) is 6.21. The van der Waals surface area contributed by atoms with E-state index in [-0.39, 0.29) is 12.6 Å². The second kappa shape index (κ2) is 8.79. The summed E-state index contributed by atoms with van der Waals surface area (Å²) in [7, 11) is 0. The van der Waals surface area contributed by atoms with E-state index in [0.717, 1.165) is 30.7 Å². The number of halogens is 3. The predicted octanol–water partition coefficient (Wildman–Crippen LogP) is 4.29. The third kappa shape index (κ3) is 5.91. The number of nitrogens with zero attached hydrogens (tertiary/aromatic N) is 1. The Morgan fingerprint density at radius 2 is 1.96 bits per heavy atom. The molecule has 3 rings (SSSR count). The molecule has 0 fully saturated rings. The van der Waals surface area contributed by atoms with Crippen molar-refractivity contribution in [3.05, 3.63) is 71.7 Å². The topological polar surface area (TPSA) is 49.6 Å². The fraction of sp³-hybridized carbons (Fsp3) is 0.350. The molecule has 0 unspecified atom stereocenters. The number of aliphatic imine (C=N–C) groups is 1.